The molecule has 0 N–H and O–H groups in total. The standard InChI is InChI=1S/C16H23NO/c1-2-3-4-5-6-7-8-9-15-10-12-16(13-11-15)18-14-17/h10-13H,2-9H2,1H3. The van der Waals surface area contributed by atoms with Gasteiger partial charge in [-0.3, -0.25) is 0 Å². The second-order valence-corrected chi connectivity index (χ2v) is 4.71. The molecule has 0 heterocycles. The summed E-state index contributed by atoms with van der Waals surface area (Å²) in [6, 6.07) is 7.81. The van der Waals surface area contributed by atoms with Crippen molar-refractivity contribution in [3.05, 3.63) is 29.8 Å². The van der Waals surface area contributed by atoms with Crippen LogP contribution in [-0.2, 0) is 6.42 Å². The SMILES string of the molecule is CCCCCCCCCc1ccc(OC#N)cc1. The number of unbranched alkanes of at least 4 members (excludes halogenated alkanes) is 6. The summed E-state index contributed by atoms with van der Waals surface area (Å²) in [5, 5.41) is 8.38. The first kappa shape index (κ1) is 14.6. The third-order valence-electron chi connectivity index (χ3n) is 3.16. The zero-order chi connectivity index (χ0) is 13.1. The van der Waals surface area contributed by atoms with Gasteiger partial charge in [-0.1, -0.05) is 57.6 Å². The number of benzene rings is 1. The predicted octanol–water partition coefficient (Wildman–Crippen LogP) is 4.84. The van der Waals surface area contributed by atoms with Crippen LogP contribution in [-0.4, -0.2) is 0 Å². The molecule has 0 atom stereocenters. The van der Waals surface area contributed by atoms with E-state index in [-0.39, 0.29) is 0 Å². The molecule has 0 aliphatic heterocycles. The van der Waals surface area contributed by atoms with Crippen molar-refractivity contribution in [3.8, 4) is 12.0 Å². The fourth-order valence-electron chi connectivity index (χ4n) is 2.06. The highest BCUT2D eigenvalue weighted by atomic mass is 16.5. The molecule has 1 aromatic carbocycles. The van der Waals surface area contributed by atoms with Crippen LogP contribution in [0.1, 0.15) is 57.4 Å². The van der Waals surface area contributed by atoms with Crippen LogP contribution in [0.15, 0.2) is 24.3 Å². The molecule has 0 aromatic heterocycles. The Hall–Kier alpha value is -1.49. The van der Waals surface area contributed by atoms with E-state index >= 15 is 0 Å². The van der Waals surface area contributed by atoms with E-state index in [0.29, 0.717) is 5.75 Å². The van der Waals surface area contributed by atoms with Crippen LogP contribution in [0.4, 0.5) is 0 Å². The zero-order valence-electron chi connectivity index (χ0n) is 11.3. The van der Waals surface area contributed by atoms with Crippen LogP contribution in [0, 0.1) is 11.5 Å². The van der Waals surface area contributed by atoms with E-state index in [9.17, 15) is 0 Å². The van der Waals surface area contributed by atoms with E-state index in [1.165, 1.54) is 50.5 Å². The van der Waals surface area contributed by atoms with Crippen molar-refractivity contribution in [2.75, 3.05) is 0 Å². The highest BCUT2D eigenvalue weighted by Crippen LogP contribution is 2.14. The highest BCUT2D eigenvalue weighted by Gasteiger charge is 1.96. The van der Waals surface area contributed by atoms with Gasteiger partial charge in [0.25, 0.3) is 6.26 Å². The fourth-order valence-corrected chi connectivity index (χ4v) is 2.06. The van der Waals surface area contributed by atoms with Gasteiger partial charge in [-0.25, -0.2) is 0 Å². The molecule has 1 aromatic rings. The Kier molecular flexibility index (Phi) is 7.72. The minimum Gasteiger partial charge on any atom is -0.388 e. The Balaban J connectivity index is 2.10. The summed E-state index contributed by atoms with van der Waals surface area (Å²) in [5.74, 6) is 0.626. The van der Waals surface area contributed by atoms with E-state index < -0.39 is 0 Å². The molecule has 18 heavy (non-hydrogen) atoms. The van der Waals surface area contributed by atoms with Gasteiger partial charge in [0.05, 0.1) is 0 Å². The Morgan fingerprint density at radius 1 is 0.944 bits per heavy atom. The molecule has 0 unspecified atom stereocenters. The topological polar surface area (TPSA) is 33.0 Å². The first-order valence-corrected chi connectivity index (χ1v) is 7.01. The van der Waals surface area contributed by atoms with Gasteiger partial charge < -0.3 is 4.74 Å². The third kappa shape index (κ3) is 6.30. The van der Waals surface area contributed by atoms with Gasteiger partial charge in [0.15, 0.2) is 0 Å². The summed E-state index contributed by atoms with van der Waals surface area (Å²) in [4.78, 5) is 0. The average molecular weight is 245 g/mol. The van der Waals surface area contributed by atoms with Crippen LogP contribution in [0.5, 0.6) is 5.75 Å². The lowest BCUT2D eigenvalue weighted by Crippen LogP contribution is -1.87. The average Bonchev–Trinajstić information content (AvgIpc) is 2.40. The molecule has 0 saturated carbocycles. The summed E-state index contributed by atoms with van der Waals surface area (Å²) in [5.41, 5.74) is 1.33. The largest absolute Gasteiger partial charge is 0.388 e. The number of nitriles is 1. The highest BCUT2D eigenvalue weighted by molar-refractivity contribution is 5.28. The Labute approximate surface area is 111 Å². The molecule has 0 fully saturated rings. The molecule has 0 spiro atoms. The van der Waals surface area contributed by atoms with Gasteiger partial charge in [-0.05, 0) is 30.5 Å². The molecule has 1 rings (SSSR count). The fraction of sp³-hybridized carbons (Fsp3) is 0.562. The van der Waals surface area contributed by atoms with Crippen molar-refractivity contribution in [3.63, 3.8) is 0 Å². The van der Waals surface area contributed by atoms with Crippen molar-refractivity contribution in [2.45, 2.75) is 58.3 Å². The lowest BCUT2D eigenvalue weighted by Gasteiger charge is -2.03. The minimum atomic E-state index is 0.626. The summed E-state index contributed by atoms with van der Waals surface area (Å²) in [6.07, 6.45) is 12.2. The summed E-state index contributed by atoms with van der Waals surface area (Å²) < 4.78 is 4.75. The van der Waals surface area contributed by atoms with Crippen LogP contribution < -0.4 is 4.74 Å². The first-order valence-electron chi connectivity index (χ1n) is 7.01. The van der Waals surface area contributed by atoms with E-state index in [1.54, 1.807) is 6.26 Å². The van der Waals surface area contributed by atoms with Crippen molar-refractivity contribution in [2.24, 2.45) is 0 Å². The van der Waals surface area contributed by atoms with Crippen LogP contribution in [0.25, 0.3) is 0 Å². The Bertz CT molecular complexity index is 350. The molecule has 0 aliphatic rings. The number of rotatable bonds is 9. The zero-order valence-corrected chi connectivity index (χ0v) is 11.3. The van der Waals surface area contributed by atoms with Crippen molar-refractivity contribution < 1.29 is 4.74 Å². The summed E-state index contributed by atoms with van der Waals surface area (Å²) in [7, 11) is 0. The van der Waals surface area contributed by atoms with Gasteiger partial charge in [0.1, 0.15) is 5.75 Å². The number of hydrogen-bond donors (Lipinski definition) is 0. The van der Waals surface area contributed by atoms with Crippen molar-refractivity contribution in [1.82, 2.24) is 0 Å². The van der Waals surface area contributed by atoms with E-state index in [2.05, 4.69) is 6.92 Å². The third-order valence-corrected chi connectivity index (χ3v) is 3.16. The second kappa shape index (κ2) is 9.53. The summed E-state index contributed by atoms with van der Waals surface area (Å²) in [6.45, 7) is 2.25. The maximum Gasteiger partial charge on any atom is 0.292 e. The molecular weight excluding hydrogens is 222 g/mol. The molecule has 0 amide bonds. The lowest BCUT2D eigenvalue weighted by molar-refractivity contribution is 0.507. The molecule has 2 nitrogen and oxygen atoms in total. The number of nitrogens with zero attached hydrogens (tertiary/aromatic N) is 1. The number of hydrogen-bond acceptors (Lipinski definition) is 2. The smallest absolute Gasteiger partial charge is 0.292 e. The molecule has 0 bridgehead atoms. The van der Waals surface area contributed by atoms with E-state index in [0.717, 1.165) is 6.42 Å². The molecule has 98 valence electrons. The van der Waals surface area contributed by atoms with Crippen LogP contribution in [0.2, 0.25) is 0 Å². The minimum absolute atomic E-state index is 0.626. The maximum atomic E-state index is 8.38. The van der Waals surface area contributed by atoms with Crippen molar-refractivity contribution in [1.29, 1.82) is 5.26 Å². The van der Waals surface area contributed by atoms with Crippen molar-refractivity contribution >= 4 is 0 Å². The molecule has 2 heteroatoms. The predicted molar refractivity (Wildman–Crippen MR) is 74.4 cm³/mol. The normalized spacial score (nSPS) is 10.0. The molecule has 0 aliphatic carbocycles. The Morgan fingerprint density at radius 2 is 1.56 bits per heavy atom. The number of aryl methyl sites for hydroxylation is 1. The maximum absolute atomic E-state index is 8.38. The lowest BCUT2D eigenvalue weighted by atomic mass is 10.0. The molecule has 0 saturated heterocycles. The first-order chi connectivity index (χ1) is 8.86. The van der Waals surface area contributed by atoms with Gasteiger partial charge in [0.2, 0.25) is 0 Å². The molecule has 0 radical (unpaired) electrons. The summed E-state index contributed by atoms with van der Waals surface area (Å²) >= 11 is 0. The van der Waals surface area contributed by atoms with Gasteiger partial charge in [-0.2, -0.15) is 0 Å². The van der Waals surface area contributed by atoms with Gasteiger partial charge in [-0.15, -0.1) is 5.26 Å². The second-order valence-electron chi connectivity index (χ2n) is 4.71. The Morgan fingerprint density at radius 3 is 2.17 bits per heavy atom. The van der Waals surface area contributed by atoms with Crippen LogP contribution >= 0.6 is 0 Å². The quantitative estimate of drug-likeness (QED) is 0.460. The van der Waals surface area contributed by atoms with E-state index in [1.807, 2.05) is 24.3 Å². The molecular formula is C16H23NO. The van der Waals surface area contributed by atoms with Gasteiger partial charge in [0, 0.05) is 0 Å². The monoisotopic (exact) mass is 245 g/mol. The van der Waals surface area contributed by atoms with Gasteiger partial charge >= 0.3 is 0 Å². The van der Waals surface area contributed by atoms with E-state index in [4.69, 9.17) is 10.00 Å². The number of ether oxygens (including phenoxy) is 1. The van der Waals surface area contributed by atoms with Crippen LogP contribution in [0.3, 0.4) is 0 Å².